The molecule has 0 aliphatic carbocycles. The number of anilines is 3. The van der Waals surface area contributed by atoms with Gasteiger partial charge < -0.3 is 11.1 Å². The Labute approximate surface area is 148 Å². The lowest BCUT2D eigenvalue weighted by Gasteiger charge is -2.10. The van der Waals surface area contributed by atoms with Crippen LogP contribution in [0.25, 0.3) is 0 Å². The van der Waals surface area contributed by atoms with E-state index in [-0.39, 0.29) is 22.3 Å². The van der Waals surface area contributed by atoms with Crippen LogP contribution in [-0.4, -0.2) is 30.0 Å². The third-order valence-electron chi connectivity index (χ3n) is 2.93. The summed E-state index contributed by atoms with van der Waals surface area (Å²) in [6.07, 6.45) is 0. The van der Waals surface area contributed by atoms with Gasteiger partial charge in [0.1, 0.15) is 0 Å². The monoisotopic (exact) mass is 383 g/mol. The highest BCUT2D eigenvalue weighted by Gasteiger charge is 2.19. The molecule has 0 saturated carbocycles. The van der Waals surface area contributed by atoms with Gasteiger partial charge in [0.25, 0.3) is 15.6 Å². The summed E-state index contributed by atoms with van der Waals surface area (Å²) in [5, 5.41) is 2.84. The SMILES string of the molecule is CCSc1nc(N)c(NS(=O)(=O)c2ccc(NC(C)=O)cc2)c(=O)[nH]1. The zero-order valence-corrected chi connectivity index (χ0v) is 15.1. The Kier molecular flexibility index (Phi) is 5.69. The van der Waals surface area contributed by atoms with Gasteiger partial charge in [0, 0.05) is 12.6 Å². The number of thioether (sulfide) groups is 1. The van der Waals surface area contributed by atoms with Gasteiger partial charge in [0.15, 0.2) is 16.7 Å². The molecule has 0 radical (unpaired) electrons. The fourth-order valence-corrected chi connectivity index (χ4v) is 3.57. The highest BCUT2D eigenvalue weighted by molar-refractivity contribution is 7.99. The molecule has 0 aliphatic heterocycles. The van der Waals surface area contributed by atoms with Crippen LogP contribution < -0.4 is 21.3 Å². The van der Waals surface area contributed by atoms with Gasteiger partial charge >= 0.3 is 0 Å². The summed E-state index contributed by atoms with van der Waals surface area (Å²) < 4.78 is 27.0. The normalized spacial score (nSPS) is 11.1. The van der Waals surface area contributed by atoms with Crippen molar-refractivity contribution >= 4 is 44.9 Å². The Bertz CT molecular complexity index is 939. The fraction of sp³-hybridized carbons (Fsp3) is 0.214. The molecule has 0 bridgehead atoms. The summed E-state index contributed by atoms with van der Waals surface area (Å²) in [5.74, 6) is 0.191. The minimum absolute atomic E-state index is 0.0904. The van der Waals surface area contributed by atoms with Gasteiger partial charge in [-0.25, -0.2) is 13.4 Å². The number of aromatic nitrogens is 2. The van der Waals surface area contributed by atoms with Gasteiger partial charge in [-0.1, -0.05) is 18.7 Å². The van der Waals surface area contributed by atoms with Crippen molar-refractivity contribution in [1.29, 1.82) is 0 Å². The zero-order valence-electron chi connectivity index (χ0n) is 13.5. The van der Waals surface area contributed by atoms with Crippen LogP contribution in [0, 0.1) is 0 Å². The van der Waals surface area contributed by atoms with Gasteiger partial charge in [-0.05, 0) is 30.0 Å². The summed E-state index contributed by atoms with van der Waals surface area (Å²) >= 11 is 1.27. The molecule has 0 saturated heterocycles. The van der Waals surface area contributed by atoms with Crippen molar-refractivity contribution in [2.45, 2.75) is 23.9 Å². The van der Waals surface area contributed by atoms with E-state index in [1.165, 1.54) is 43.0 Å². The first-order chi connectivity index (χ1) is 11.7. The van der Waals surface area contributed by atoms with Crippen LogP contribution in [0.3, 0.4) is 0 Å². The summed E-state index contributed by atoms with van der Waals surface area (Å²) in [4.78, 5) is 29.4. The second-order valence-electron chi connectivity index (χ2n) is 4.88. The van der Waals surface area contributed by atoms with Crippen LogP contribution >= 0.6 is 11.8 Å². The number of amides is 1. The van der Waals surface area contributed by atoms with Crippen molar-refractivity contribution in [3.8, 4) is 0 Å². The molecule has 2 rings (SSSR count). The summed E-state index contributed by atoms with van der Waals surface area (Å²) in [7, 11) is -4.04. The minimum atomic E-state index is -4.04. The predicted molar refractivity (Wildman–Crippen MR) is 97.2 cm³/mol. The number of hydrogen-bond acceptors (Lipinski definition) is 7. The lowest BCUT2D eigenvalue weighted by molar-refractivity contribution is -0.114. The molecule has 2 aromatic rings. The Hall–Kier alpha value is -2.53. The van der Waals surface area contributed by atoms with E-state index in [0.717, 1.165) is 0 Å². The quantitative estimate of drug-likeness (QED) is 0.433. The van der Waals surface area contributed by atoms with Crippen molar-refractivity contribution in [2.75, 3.05) is 21.5 Å². The highest BCUT2D eigenvalue weighted by atomic mass is 32.2. The zero-order chi connectivity index (χ0) is 18.6. The minimum Gasteiger partial charge on any atom is -0.382 e. The first-order valence-corrected chi connectivity index (χ1v) is 9.63. The van der Waals surface area contributed by atoms with Crippen molar-refractivity contribution in [2.24, 2.45) is 0 Å². The van der Waals surface area contributed by atoms with E-state index >= 15 is 0 Å². The Balaban J connectivity index is 2.30. The van der Waals surface area contributed by atoms with Gasteiger partial charge in [0.05, 0.1) is 4.90 Å². The first-order valence-electron chi connectivity index (χ1n) is 7.16. The number of sulfonamides is 1. The van der Waals surface area contributed by atoms with E-state index in [9.17, 15) is 18.0 Å². The fourth-order valence-electron chi connectivity index (χ4n) is 1.89. The number of hydrogen-bond donors (Lipinski definition) is 4. The maximum Gasteiger partial charge on any atom is 0.278 e. The van der Waals surface area contributed by atoms with Gasteiger partial charge in [-0.2, -0.15) is 0 Å². The Morgan fingerprint density at radius 3 is 2.48 bits per heavy atom. The average molecular weight is 383 g/mol. The number of H-pyrrole nitrogens is 1. The van der Waals surface area contributed by atoms with Gasteiger partial charge in [0.2, 0.25) is 5.91 Å². The summed E-state index contributed by atoms with van der Waals surface area (Å²) in [5.41, 5.74) is 5.13. The number of aromatic amines is 1. The number of benzene rings is 1. The molecular weight excluding hydrogens is 366 g/mol. The molecule has 0 spiro atoms. The maximum absolute atomic E-state index is 12.4. The van der Waals surface area contributed by atoms with Crippen LogP contribution in [0.1, 0.15) is 13.8 Å². The molecule has 1 amide bonds. The highest BCUT2D eigenvalue weighted by Crippen LogP contribution is 2.20. The Morgan fingerprint density at radius 1 is 1.32 bits per heavy atom. The number of carbonyl (C=O) groups excluding carboxylic acids is 1. The van der Waals surface area contributed by atoms with Crippen LogP contribution in [0.2, 0.25) is 0 Å². The topological polar surface area (TPSA) is 147 Å². The molecule has 11 heteroatoms. The third-order valence-corrected chi connectivity index (χ3v) is 5.05. The number of nitrogens with two attached hydrogens (primary N) is 1. The number of rotatable bonds is 6. The number of nitrogen functional groups attached to an aromatic ring is 1. The number of nitrogens with zero attached hydrogens (tertiary/aromatic N) is 1. The second-order valence-corrected chi connectivity index (χ2v) is 7.81. The van der Waals surface area contributed by atoms with Crippen molar-refractivity contribution in [1.82, 2.24) is 9.97 Å². The molecule has 25 heavy (non-hydrogen) atoms. The molecule has 1 aromatic heterocycles. The molecule has 134 valence electrons. The number of carbonyl (C=O) groups is 1. The molecule has 0 aliphatic rings. The smallest absolute Gasteiger partial charge is 0.278 e. The van der Waals surface area contributed by atoms with Crippen molar-refractivity contribution < 1.29 is 13.2 Å². The summed E-state index contributed by atoms with van der Waals surface area (Å²) in [6.45, 7) is 3.22. The third kappa shape index (κ3) is 4.73. The molecule has 1 heterocycles. The lowest BCUT2D eigenvalue weighted by Crippen LogP contribution is -2.23. The molecule has 0 fully saturated rings. The molecule has 0 atom stereocenters. The molecule has 1 aromatic carbocycles. The number of nitrogens with one attached hydrogen (secondary N) is 3. The largest absolute Gasteiger partial charge is 0.382 e. The van der Waals surface area contributed by atoms with Gasteiger partial charge in [-0.15, -0.1) is 0 Å². The summed E-state index contributed by atoms with van der Waals surface area (Å²) in [6, 6.07) is 5.46. The lowest BCUT2D eigenvalue weighted by atomic mass is 10.3. The average Bonchev–Trinajstić information content (AvgIpc) is 2.51. The second kappa shape index (κ2) is 7.57. The van der Waals surface area contributed by atoms with Crippen LogP contribution in [0.5, 0.6) is 0 Å². The molecule has 9 nitrogen and oxygen atoms in total. The standard InChI is InChI=1S/C14H17N5O4S2/c1-3-24-14-17-12(15)11(13(21)18-14)19-25(22,23)10-6-4-9(5-7-10)16-8(2)20/h4-7,19H,3H2,1-2H3,(H,16,20)(H3,15,17,18,21). The van der Waals surface area contributed by atoms with E-state index in [1.54, 1.807) is 0 Å². The van der Waals surface area contributed by atoms with Crippen molar-refractivity contribution in [3.63, 3.8) is 0 Å². The molecule has 5 N–H and O–H groups in total. The van der Waals surface area contributed by atoms with E-state index < -0.39 is 15.6 Å². The van der Waals surface area contributed by atoms with Crippen molar-refractivity contribution in [3.05, 3.63) is 34.6 Å². The molecular formula is C14H17N5O4S2. The van der Waals surface area contributed by atoms with Crippen LogP contribution in [0.4, 0.5) is 17.2 Å². The molecule has 0 unspecified atom stereocenters. The van der Waals surface area contributed by atoms with E-state index in [2.05, 4.69) is 20.0 Å². The Morgan fingerprint density at radius 2 is 1.96 bits per heavy atom. The van der Waals surface area contributed by atoms with Crippen LogP contribution in [-0.2, 0) is 14.8 Å². The first kappa shape index (κ1) is 18.8. The maximum atomic E-state index is 12.4. The van der Waals surface area contributed by atoms with E-state index in [1.807, 2.05) is 6.92 Å². The predicted octanol–water partition coefficient (Wildman–Crippen LogP) is 1.22. The van der Waals surface area contributed by atoms with Gasteiger partial charge in [-0.3, -0.25) is 19.3 Å². The van der Waals surface area contributed by atoms with E-state index in [0.29, 0.717) is 16.6 Å². The van der Waals surface area contributed by atoms with Crippen LogP contribution in [0.15, 0.2) is 39.1 Å². The van der Waals surface area contributed by atoms with E-state index in [4.69, 9.17) is 5.73 Å².